The highest BCUT2D eigenvalue weighted by molar-refractivity contribution is 6.30. The summed E-state index contributed by atoms with van der Waals surface area (Å²) in [6, 6.07) is 0. The molecule has 0 bridgehead atoms. The summed E-state index contributed by atoms with van der Waals surface area (Å²) < 4.78 is 1.74. The van der Waals surface area contributed by atoms with Crippen LogP contribution in [0.2, 0.25) is 5.15 Å². The van der Waals surface area contributed by atoms with E-state index in [-0.39, 0.29) is 0 Å². The smallest absolute Gasteiger partial charge is 0.255 e. The fraction of sp³-hybridized carbons (Fsp3) is 0.583. The summed E-state index contributed by atoms with van der Waals surface area (Å²) in [6.07, 6.45) is 2.64. The molecule has 1 atom stereocenters. The molecular formula is C12H18ClN5. The lowest BCUT2D eigenvalue weighted by Crippen LogP contribution is -2.27. The van der Waals surface area contributed by atoms with E-state index >= 15 is 0 Å². The van der Waals surface area contributed by atoms with E-state index in [1.807, 2.05) is 14.0 Å². The molecule has 18 heavy (non-hydrogen) atoms. The molecule has 2 rings (SSSR count). The van der Waals surface area contributed by atoms with E-state index in [2.05, 4.69) is 33.8 Å². The molecule has 2 aromatic heterocycles. The molecule has 0 aromatic carbocycles. The second-order valence-electron chi connectivity index (χ2n) is 4.72. The monoisotopic (exact) mass is 267 g/mol. The Morgan fingerprint density at radius 2 is 2.22 bits per heavy atom. The summed E-state index contributed by atoms with van der Waals surface area (Å²) in [5.41, 5.74) is 0.931. The van der Waals surface area contributed by atoms with Gasteiger partial charge in [-0.1, -0.05) is 31.9 Å². The van der Waals surface area contributed by atoms with Gasteiger partial charge < -0.3 is 4.90 Å². The van der Waals surface area contributed by atoms with Gasteiger partial charge in [-0.2, -0.15) is 19.6 Å². The highest BCUT2D eigenvalue weighted by Crippen LogP contribution is 2.25. The molecule has 98 valence electrons. The minimum atomic E-state index is 0.488. The number of hydrogen-bond acceptors (Lipinski definition) is 4. The number of hydrogen-bond donors (Lipinski definition) is 0. The van der Waals surface area contributed by atoms with E-state index in [9.17, 15) is 0 Å². The highest BCUT2D eigenvalue weighted by atomic mass is 35.5. The summed E-state index contributed by atoms with van der Waals surface area (Å²) in [7, 11) is 2.05. The van der Waals surface area contributed by atoms with Gasteiger partial charge in [0.1, 0.15) is 17.3 Å². The topological polar surface area (TPSA) is 46.3 Å². The van der Waals surface area contributed by atoms with Gasteiger partial charge in [0.25, 0.3) is 5.78 Å². The Bertz CT molecular complexity index is 551. The highest BCUT2D eigenvalue weighted by Gasteiger charge is 2.16. The summed E-state index contributed by atoms with van der Waals surface area (Å²) >= 11 is 6.15. The second-order valence-corrected chi connectivity index (χ2v) is 5.08. The van der Waals surface area contributed by atoms with Crippen LogP contribution in [0, 0.1) is 12.8 Å². The Morgan fingerprint density at radius 3 is 2.89 bits per heavy atom. The molecule has 5 nitrogen and oxygen atoms in total. The van der Waals surface area contributed by atoms with E-state index in [1.165, 1.54) is 6.33 Å². The van der Waals surface area contributed by atoms with Crippen molar-refractivity contribution in [2.45, 2.75) is 27.2 Å². The van der Waals surface area contributed by atoms with E-state index < -0.39 is 0 Å². The van der Waals surface area contributed by atoms with Crippen LogP contribution >= 0.6 is 11.6 Å². The zero-order valence-corrected chi connectivity index (χ0v) is 11.9. The predicted molar refractivity (Wildman–Crippen MR) is 73.3 cm³/mol. The fourth-order valence-corrected chi connectivity index (χ4v) is 2.17. The number of aromatic nitrogens is 4. The van der Waals surface area contributed by atoms with Crippen molar-refractivity contribution in [3.63, 3.8) is 0 Å². The molecule has 0 aliphatic carbocycles. The van der Waals surface area contributed by atoms with Crippen LogP contribution in [0.25, 0.3) is 5.78 Å². The molecule has 0 amide bonds. The lowest BCUT2D eigenvalue weighted by atomic mass is 10.1. The molecule has 0 aliphatic heterocycles. The summed E-state index contributed by atoms with van der Waals surface area (Å²) in [6.45, 7) is 7.33. The molecule has 2 aromatic rings. The maximum absolute atomic E-state index is 6.15. The van der Waals surface area contributed by atoms with Crippen molar-refractivity contribution >= 4 is 23.2 Å². The van der Waals surface area contributed by atoms with Gasteiger partial charge in [0.15, 0.2) is 0 Å². The first kappa shape index (κ1) is 13.1. The Morgan fingerprint density at radius 1 is 1.50 bits per heavy atom. The van der Waals surface area contributed by atoms with E-state index in [1.54, 1.807) is 4.52 Å². The van der Waals surface area contributed by atoms with Crippen LogP contribution in [-0.4, -0.2) is 33.2 Å². The Balaban J connectivity index is 2.47. The summed E-state index contributed by atoms with van der Waals surface area (Å²) in [5, 5.41) is 4.71. The Labute approximate surface area is 112 Å². The molecule has 0 radical (unpaired) electrons. The molecule has 0 saturated carbocycles. The van der Waals surface area contributed by atoms with Gasteiger partial charge >= 0.3 is 0 Å². The van der Waals surface area contributed by atoms with Gasteiger partial charge in [-0.25, -0.2) is 0 Å². The minimum Gasteiger partial charge on any atom is -0.359 e. The van der Waals surface area contributed by atoms with Crippen molar-refractivity contribution in [2.24, 2.45) is 5.92 Å². The van der Waals surface area contributed by atoms with E-state index in [0.717, 1.165) is 24.3 Å². The van der Waals surface area contributed by atoms with Crippen molar-refractivity contribution in [2.75, 3.05) is 18.5 Å². The molecule has 0 saturated heterocycles. The van der Waals surface area contributed by atoms with Crippen LogP contribution in [0.4, 0.5) is 5.82 Å². The quantitative estimate of drug-likeness (QED) is 0.799. The maximum Gasteiger partial charge on any atom is 0.255 e. The van der Waals surface area contributed by atoms with Gasteiger partial charge in [0.2, 0.25) is 0 Å². The van der Waals surface area contributed by atoms with Crippen molar-refractivity contribution < 1.29 is 0 Å². The third kappa shape index (κ3) is 2.27. The first-order valence-corrected chi connectivity index (χ1v) is 6.49. The first-order chi connectivity index (χ1) is 8.54. The second kappa shape index (κ2) is 5.10. The number of halogens is 1. The van der Waals surface area contributed by atoms with Crippen LogP contribution < -0.4 is 4.90 Å². The van der Waals surface area contributed by atoms with Gasteiger partial charge in [0, 0.05) is 19.2 Å². The van der Waals surface area contributed by atoms with Gasteiger partial charge in [-0.3, -0.25) is 0 Å². The molecular weight excluding hydrogens is 250 g/mol. The number of nitrogens with zero attached hydrogens (tertiary/aromatic N) is 5. The predicted octanol–water partition coefficient (Wildman–Crippen LogP) is 2.57. The normalized spacial score (nSPS) is 12.9. The van der Waals surface area contributed by atoms with Crippen LogP contribution in [0.5, 0.6) is 0 Å². The first-order valence-electron chi connectivity index (χ1n) is 6.11. The van der Waals surface area contributed by atoms with Crippen molar-refractivity contribution in [1.82, 2.24) is 19.6 Å². The summed E-state index contributed by atoms with van der Waals surface area (Å²) in [4.78, 5) is 10.5. The SMILES string of the molecule is CCC(C)CN(C)c1c(C)c(Cl)nc2ncnn12. The van der Waals surface area contributed by atoms with E-state index in [4.69, 9.17) is 11.6 Å². The fourth-order valence-electron chi connectivity index (χ4n) is 2.01. The molecule has 1 unspecified atom stereocenters. The lowest BCUT2D eigenvalue weighted by Gasteiger charge is -2.24. The Kier molecular flexibility index (Phi) is 3.71. The standard InChI is InChI=1S/C12H18ClN5/c1-5-8(2)6-17(4)11-9(3)10(13)16-12-14-7-15-18(11)12/h7-8H,5-6H2,1-4H3. The van der Waals surface area contributed by atoms with Gasteiger partial charge in [-0.05, 0) is 12.8 Å². The molecule has 0 N–H and O–H groups in total. The molecule has 0 aliphatic rings. The van der Waals surface area contributed by atoms with Crippen LogP contribution in [0.3, 0.4) is 0 Å². The largest absolute Gasteiger partial charge is 0.359 e. The molecule has 0 spiro atoms. The van der Waals surface area contributed by atoms with Crippen LogP contribution in [0.1, 0.15) is 25.8 Å². The zero-order chi connectivity index (χ0) is 13.3. The average Bonchev–Trinajstić information content (AvgIpc) is 2.77. The van der Waals surface area contributed by atoms with Crippen LogP contribution in [-0.2, 0) is 0 Å². The van der Waals surface area contributed by atoms with Crippen molar-refractivity contribution in [3.05, 3.63) is 17.0 Å². The average molecular weight is 268 g/mol. The Hall–Kier alpha value is -1.36. The minimum absolute atomic E-state index is 0.488. The van der Waals surface area contributed by atoms with Gasteiger partial charge in [-0.15, -0.1) is 0 Å². The summed E-state index contributed by atoms with van der Waals surface area (Å²) in [5.74, 6) is 2.11. The van der Waals surface area contributed by atoms with Gasteiger partial charge in [0.05, 0.1) is 0 Å². The van der Waals surface area contributed by atoms with E-state index in [0.29, 0.717) is 16.8 Å². The zero-order valence-electron chi connectivity index (χ0n) is 11.2. The number of rotatable bonds is 4. The maximum atomic E-state index is 6.15. The number of anilines is 1. The van der Waals surface area contributed by atoms with Crippen molar-refractivity contribution in [3.8, 4) is 0 Å². The van der Waals surface area contributed by atoms with Crippen molar-refractivity contribution in [1.29, 1.82) is 0 Å². The lowest BCUT2D eigenvalue weighted by molar-refractivity contribution is 0.554. The third-order valence-corrected chi connectivity index (χ3v) is 3.59. The van der Waals surface area contributed by atoms with Crippen LogP contribution in [0.15, 0.2) is 6.33 Å². The molecule has 0 fully saturated rings. The molecule has 6 heteroatoms. The third-order valence-electron chi connectivity index (χ3n) is 3.22. The molecule has 2 heterocycles. The number of fused-ring (bicyclic) bond motifs is 1.